The number of rotatable bonds is 16. The Morgan fingerprint density at radius 2 is 0.264 bits per heavy atom. The SMILES string of the molecule is c1ccc(-c2cccc(-c3cccc(-c4ccc(-c5nc(-c6ccc(-c7cccc(-c8cccc(-c9cccc(-c%10ccccc%10)c9)c8)c7)cc6)nc(-c6ccc(-c7cccc(-c8cccc(-c9cccc(-c%10cccc(-c%11cccc(-c%12ccc%13c(c%12)C%12(c%14ccccc%14-c%14ccccc%14%12)c%12ccccc%12-%13)c%11)c%10)c9)c8)c7)cc6)n5)cc4)c3)c2)cc1. The van der Waals surface area contributed by atoms with Gasteiger partial charge in [-0.1, -0.05) is 400 Å². The summed E-state index contributed by atoms with van der Waals surface area (Å²) in [5, 5.41) is 0. The summed E-state index contributed by atoms with van der Waals surface area (Å²) in [6.45, 7) is 0. The Balaban J connectivity index is 0.535. The lowest BCUT2D eigenvalue weighted by Gasteiger charge is -2.30. The summed E-state index contributed by atoms with van der Waals surface area (Å²) in [6, 6.07) is 170. The molecule has 1 spiro atoms. The smallest absolute Gasteiger partial charge is 0.164 e. The zero-order valence-electron chi connectivity index (χ0n) is 66.3. The minimum atomic E-state index is -0.397. The van der Waals surface area contributed by atoms with E-state index in [-0.39, 0.29) is 0 Å². The van der Waals surface area contributed by atoms with E-state index in [0.717, 1.165) is 94.6 Å². The van der Waals surface area contributed by atoms with Gasteiger partial charge in [0.25, 0.3) is 0 Å². The Hall–Kier alpha value is -15.8. The normalized spacial score (nSPS) is 12.0. The molecule has 564 valence electrons. The van der Waals surface area contributed by atoms with Gasteiger partial charge in [0.1, 0.15) is 0 Å². The number of aromatic nitrogens is 3. The molecule has 0 radical (unpaired) electrons. The predicted molar refractivity (Wildman–Crippen MR) is 503 cm³/mol. The van der Waals surface area contributed by atoms with Gasteiger partial charge in [-0.25, -0.2) is 15.0 Å². The van der Waals surface area contributed by atoms with Gasteiger partial charge >= 0.3 is 0 Å². The lowest BCUT2D eigenvalue weighted by Crippen LogP contribution is -2.25. The van der Waals surface area contributed by atoms with Gasteiger partial charge in [-0.2, -0.15) is 0 Å². The topological polar surface area (TPSA) is 38.7 Å². The highest BCUT2D eigenvalue weighted by Crippen LogP contribution is 2.63. The van der Waals surface area contributed by atoms with E-state index < -0.39 is 5.41 Å². The van der Waals surface area contributed by atoms with Crippen molar-refractivity contribution < 1.29 is 0 Å². The second-order valence-corrected chi connectivity index (χ2v) is 31.7. The summed E-state index contributed by atoms with van der Waals surface area (Å²) in [6.07, 6.45) is 0. The molecule has 1 heterocycles. The minimum Gasteiger partial charge on any atom is -0.208 e. The molecule has 0 saturated heterocycles. The first-order valence-electron chi connectivity index (χ1n) is 41.6. The Labute approximate surface area is 706 Å². The highest BCUT2D eigenvalue weighted by molar-refractivity contribution is 5.97. The Bertz CT molecular complexity index is 7300. The second-order valence-electron chi connectivity index (χ2n) is 31.7. The van der Waals surface area contributed by atoms with E-state index in [9.17, 15) is 0 Å². The molecule has 2 aliphatic rings. The van der Waals surface area contributed by atoms with Crippen LogP contribution < -0.4 is 0 Å². The predicted octanol–water partition coefficient (Wildman–Crippen LogP) is 30.9. The second kappa shape index (κ2) is 30.7. The van der Waals surface area contributed by atoms with Gasteiger partial charge in [-0.15, -0.1) is 0 Å². The van der Waals surface area contributed by atoms with E-state index in [1.807, 2.05) is 0 Å². The third-order valence-corrected chi connectivity index (χ3v) is 24.6. The number of fused-ring (bicyclic) bond motifs is 10. The molecule has 0 saturated carbocycles. The fourth-order valence-electron chi connectivity index (χ4n) is 18.5. The maximum absolute atomic E-state index is 5.29. The van der Waals surface area contributed by atoms with Crippen LogP contribution in [0.4, 0.5) is 0 Å². The fourth-order valence-corrected chi connectivity index (χ4v) is 18.5. The van der Waals surface area contributed by atoms with Crippen LogP contribution in [0, 0.1) is 0 Å². The van der Waals surface area contributed by atoms with E-state index in [4.69, 9.17) is 15.0 Å². The van der Waals surface area contributed by atoms with Crippen LogP contribution in [0.5, 0.6) is 0 Å². The van der Waals surface area contributed by atoms with Gasteiger partial charge in [0.2, 0.25) is 0 Å². The maximum atomic E-state index is 5.29. The standard InChI is InChI=1S/C118H77N3/c1-3-23-78(24-4-1)86-27-13-32-91(67-86)93-34-15-29-88(69-93)80-53-59-83(60-54-80)115-119-116(84-61-55-81(56-62-84)89-30-16-35-94(70-89)97-38-18-37-96(72-97)92-33-14-28-87(68-92)79-25-5-2-6-26-79)121-117(120-115)85-63-57-82(58-64-85)90-31-17-36-95(71-90)98-39-19-40-99(73-98)100-41-20-42-101(74-100)102-43-21-44-103(75-102)104-45-22-46-105(76-104)106-65-66-110-109-49-9-12-52-113(109)118(114(110)77-106)111-50-10-7-47-107(111)108-48-8-11-51-112(108)118/h1-77H. The average Bonchev–Trinajstić information content (AvgIpc) is 1.51. The molecule has 3 heteroatoms. The van der Waals surface area contributed by atoms with Crippen LogP contribution in [0.1, 0.15) is 22.3 Å². The first-order valence-corrected chi connectivity index (χ1v) is 41.6. The van der Waals surface area contributed by atoms with E-state index in [1.165, 1.54) is 111 Å². The molecule has 0 amide bonds. The molecule has 22 rings (SSSR count). The Morgan fingerprint density at radius 1 is 0.107 bits per heavy atom. The monoisotopic (exact) mass is 1540 g/mol. The summed E-state index contributed by atoms with van der Waals surface area (Å²) in [5.74, 6) is 1.78. The summed E-state index contributed by atoms with van der Waals surface area (Å²) < 4.78 is 0. The van der Waals surface area contributed by atoms with E-state index in [0.29, 0.717) is 17.5 Å². The van der Waals surface area contributed by atoms with Crippen LogP contribution in [-0.4, -0.2) is 15.0 Å². The molecule has 0 aliphatic heterocycles. The largest absolute Gasteiger partial charge is 0.208 e. The molecular formula is C118H77N3. The molecule has 1 aromatic heterocycles. The summed E-state index contributed by atoms with van der Waals surface area (Å²) in [7, 11) is 0. The third kappa shape index (κ3) is 13.5. The van der Waals surface area contributed by atoms with Gasteiger partial charge in [0.05, 0.1) is 5.41 Å². The lowest BCUT2D eigenvalue weighted by molar-refractivity contribution is 0.794. The number of benzene rings is 19. The van der Waals surface area contributed by atoms with Crippen LogP contribution in [0.25, 0.3) is 201 Å². The van der Waals surface area contributed by atoms with Crippen molar-refractivity contribution in [2.75, 3.05) is 0 Å². The molecule has 0 fully saturated rings. The Morgan fingerprint density at radius 3 is 0.496 bits per heavy atom. The summed E-state index contributed by atoms with van der Waals surface area (Å²) in [4.78, 5) is 15.9. The van der Waals surface area contributed by atoms with Crippen molar-refractivity contribution in [3.63, 3.8) is 0 Å². The maximum Gasteiger partial charge on any atom is 0.164 e. The van der Waals surface area contributed by atoms with Gasteiger partial charge in [-0.05, 0) is 256 Å². The zero-order valence-corrected chi connectivity index (χ0v) is 66.3. The molecule has 0 unspecified atom stereocenters. The molecule has 0 N–H and O–H groups in total. The van der Waals surface area contributed by atoms with Crippen molar-refractivity contribution in [1.29, 1.82) is 0 Å². The van der Waals surface area contributed by atoms with Gasteiger partial charge in [0.15, 0.2) is 17.5 Å². The average molecular weight is 1540 g/mol. The van der Waals surface area contributed by atoms with E-state index >= 15 is 0 Å². The fraction of sp³-hybridized carbons (Fsp3) is 0.00847. The number of nitrogens with zero attached hydrogens (tertiary/aromatic N) is 3. The summed E-state index contributed by atoms with van der Waals surface area (Å²) >= 11 is 0. The van der Waals surface area contributed by atoms with Gasteiger partial charge in [0, 0.05) is 16.7 Å². The third-order valence-electron chi connectivity index (χ3n) is 24.6. The number of hydrogen-bond acceptors (Lipinski definition) is 3. The first kappa shape index (κ1) is 71.7. The molecule has 2 aliphatic carbocycles. The van der Waals surface area contributed by atoms with Crippen LogP contribution in [0.15, 0.2) is 467 Å². The molecular weight excluding hydrogens is 1460 g/mol. The van der Waals surface area contributed by atoms with Crippen molar-refractivity contribution in [3.8, 4) is 201 Å². The van der Waals surface area contributed by atoms with Crippen LogP contribution in [-0.2, 0) is 5.41 Å². The van der Waals surface area contributed by atoms with Gasteiger partial charge in [-0.3, -0.25) is 0 Å². The zero-order chi connectivity index (χ0) is 80.2. The van der Waals surface area contributed by atoms with Crippen molar-refractivity contribution in [2.45, 2.75) is 5.41 Å². The highest BCUT2D eigenvalue weighted by atomic mass is 15.0. The van der Waals surface area contributed by atoms with E-state index in [2.05, 4.69) is 467 Å². The van der Waals surface area contributed by atoms with Crippen molar-refractivity contribution in [3.05, 3.63) is 489 Å². The number of hydrogen-bond donors (Lipinski definition) is 0. The molecule has 121 heavy (non-hydrogen) atoms. The van der Waals surface area contributed by atoms with Crippen molar-refractivity contribution in [1.82, 2.24) is 15.0 Å². The summed E-state index contributed by atoms with van der Waals surface area (Å²) in [5.41, 5.74) is 43.1. The lowest BCUT2D eigenvalue weighted by atomic mass is 9.70. The molecule has 19 aromatic carbocycles. The van der Waals surface area contributed by atoms with Crippen LogP contribution in [0.3, 0.4) is 0 Å². The highest BCUT2D eigenvalue weighted by Gasteiger charge is 2.51. The molecule has 0 atom stereocenters. The van der Waals surface area contributed by atoms with Crippen molar-refractivity contribution in [2.24, 2.45) is 0 Å². The molecule has 0 bridgehead atoms. The van der Waals surface area contributed by atoms with Crippen LogP contribution >= 0.6 is 0 Å². The minimum absolute atomic E-state index is 0.397. The van der Waals surface area contributed by atoms with E-state index in [1.54, 1.807) is 0 Å². The quantitative estimate of drug-likeness (QED) is 0.0968. The molecule has 20 aromatic rings. The van der Waals surface area contributed by atoms with Crippen molar-refractivity contribution >= 4 is 0 Å². The van der Waals surface area contributed by atoms with Gasteiger partial charge < -0.3 is 0 Å². The first-order chi connectivity index (χ1) is 59.9. The Kier molecular flexibility index (Phi) is 18.2. The van der Waals surface area contributed by atoms with Crippen LogP contribution in [0.2, 0.25) is 0 Å². The molecule has 3 nitrogen and oxygen atoms in total.